The standard InChI is InChI=1S/C11H9NS/c1-2-4-10-8(3-1)9-5-6-13-11(9)7-12-10/h1-4,7H,5-6H2. The van der Waals surface area contributed by atoms with Crippen LogP contribution in [0.2, 0.25) is 0 Å². The topological polar surface area (TPSA) is 12.9 Å². The SMILES string of the molecule is c1ccc2c3c(cnc2c1)SCC3. The number of nitrogens with zero attached hydrogens (tertiary/aromatic N) is 1. The maximum absolute atomic E-state index is 4.43. The fourth-order valence-corrected chi connectivity index (χ4v) is 2.87. The second kappa shape index (κ2) is 2.74. The van der Waals surface area contributed by atoms with Gasteiger partial charge in [-0.1, -0.05) is 18.2 Å². The first-order valence-corrected chi connectivity index (χ1v) is 5.43. The van der Waals surface area contributed by atoms with Gasteiger partial charge in [-0.2, -0.15) is 0 Å². The lowest BCUT2D eigenvalue weighted by Gasteiger charge is -2.02. The maximum Gasteiger partial charge on any atom is 0.0705 e. The Bertz CT molecular complexity index is 465. The molecule has 0 saturated heterocycles. The first-order chi connectivity index (χ1) is 6.45. The van der Waals surface area contributed by atoms with Gasteiger partial charge in [0.15, 0.2) is 0 Å². The van der Waals surface area contributed by atoms with Gasteiger partial charge in [-0.05, 0) is 18.1 Å². The maximum atomic E-state index is 4.43. The number of pyridine rings is 1. The minimum absolute atomic E-state index is 1.13. The van der Waals surface area contributed by atoms with Gasteiger partial charge >= 0.3 is 0 Å². The number of benzene rings is 1. The van der Waals surface area contributed by atoms with Gasteiger partial charge in [0.05, 0.1) is 5.52 Å². The average molecular weight is 187 g/mol. The van der Waals surface area contributed by atoms with E-state index < -0.39 is 0 Å². The zero-order chi connectivity index (χ0) is 8.67. The van der Waals surface area contributed by atoms with Gasteiger partial charge in [0.2, 0.25) is 0 Å². The molecule has 0 aliphatic carbocycles. The third-order valence-corrected chi connectivity index (χ3v) is 3.53. The molecule has 0 N–H and O–H groups in total. The van der Waals surface area contributed by atoms with E-state index in [2.05, 4.69) is 23.2 Å². The summed E-state index contributed by atoms with van der Waals surface area (Å²) in [5.41, 5.74) is 2.62. The van der Waals surface area contributed by atoms with Gasteiger partial charge in [-0.3, -0.25) is 4.98 Å². The number of hydrogen-bond acceptors (Lipinski definition) is 2. The summed E-state index contributed by atoms with van der Waals surface area (Å²) in [6.07, 6.45) is 3.21. The van der Waals surface area contributed by atoms with Crippen LogP contribution >= 0.6 is 11.8 Å². The molecule has 0 amide bonds. The number of aryl methyl sites for hydroxylation is 1. The van der Waals surface area contributed by atoms with Gasteiger partial charge in [0, 0.05) is 22.2 Å². The lowest BCUT2D eigenvalue weighted by atomic mass is 10.1. The van der Waals surface area contributed by atoms with Crippen molar-refractivity contribution in [3.8, 4) is 0 Å². The highest BCUT2D eigenvalue weighted by Crippen LogP contribution is 2.34. The normalized spacial score (nSPS) is 14.8. The summed E-state index contributed by atoms with van der Waals surface area (Å²) in [4.78, 5) is 5.81. The number of thioether (sulfide) groups is 1. The second-order valence-corrected chi connectivity index (χ2v) is 4.35. The van der Waals surface area contributed by atoms with E-state index in [-0.39, 0.29) is 0 Å². The summed E-state index contributed by atoms with van der Waals surface area (Å²) in [5.74, 6) is 1.21. The van der Waals surface area contributed by atoms with E-state index in [0.29, 0.717) is 0 Å². The first-order valence-electron chi connectivity index (χ1n) is 4.44. The summed E-state index contributed by atoms with van der Waals surface area (Å²) >= 11 is 1.92. The third kappa shape index (κ3) is 1.05. The third-order valence-electron chi connectivity index (χ3n) is 2.46. The van der Waals surface area contributed by atoms with E-state index in [1.165, 1.54) is 28.0 Å². The molecule has 0 atom stereocenters. The van der Waals surface area contributed by atoms with Crippen molar-refractivity contribution >= 4 is 22.7 Å². The quantitative estimate of drug-likeness (QED) is 0.629. The average Bonchev–Trinajstić information content (AvgIpc) is 2.65. The molecule has 2 heteroatoms. The molecule has 1 aromatic carbocycles. The van der Waals surface area contributed by atoms with Crippen LogP contribution in [0.5, 0.6) is 0 Å². The van der Waals surface area contributed by atoms with Gasteiger partial charge < -0.3 is 0 Å². The summed E-state index contributed by atoms with van der Waals surface area (Å²) in [7, 11) is 0. The van der Waals surface area contributed by atoms with Crippen LogP contribution < -0.4 is 0 Å². The molecule has 1 aliphatic rings. The molecule has 1 aromatic heterocycles. The molecule has 2 aromatic rings. The van der Waals surface area contributed by atoms with E-state index in [0.717, 1.165) is 5.52 Å². The van der Waals surface area contributed by atoms with Gasteiger partial charge in [0.1, 0.15) is 0 Å². The lowest BCUT2D eigenvalue weighted by molar-refractivity contribution is 1.14. The van der Waals surface area contributed by atoms with Crippen LogP contribution in [0.3, 0.4) is 0 Å². The molecule has 2 heterocycles. The Hall–Kier alpha value is -1.02. The highest BCUT2D eigenvalue weighted by molar-refractivity contribution is 7.99. The van der Waals surface area contributed by atoms with Crippen molar-refractivity contribution in [2.45, 2.75) is 11.3 Å². The van der Waals surface area contributed by atoms with Crippen LogP contribution in [0, 0.1) is 0 Å². The number of fused-ring (bicyclic) bond motifs is 3. The number of aromatic nitrogens is 1. The highest BCUT2D eigenvalue weighted by Gasteiger charge is 2.14. The fraction of sp³-hybridized carbons (Fsp3) is 0.182. The van der Waals surface area contributed by atoms with E-state index in [1.54, 1.807) is 0 Å². The van der Waals surface area contributed by atoms with E-state index in [1.807, 2.05) is 24.0 Å². The smallest absolute Gasteiger partial charge is 0.0705 e. The minimum Gasteiger partial charge on any atom is -0.255 e. The Morgan fingerprint density at radius 1 is 1.23 bits per heavy atom. The van der Waals surface area contributed by atoms with Crippen molar-refractivity contribution in [2.75, 3.05) is 5.75 Å². The van der Waals surface area contributed by atoms with Gasteiger partial charge in [-0.15, -0.1) is 11.8 Å². The zero-order valence-corrected chi connectivity index (χ0v) is 7.97. The van der Waals surface area contributed by atoms with Crippen molar-refractivity contribution in [3.63, 3.8) is 0 Å². The molecule has 0 fully saturated rings. The fourth-order valence-electron chi connectivity index (χ4n) is 1.83. The summed E-state index contributed by atoms with van der Waals surface area (Å²) in [6, 6.07) is 8.39. The van der Waals surface area contributed by atoms with E-state index in [9.17, 15) is 0 Å². The Morgan fingerprint density at radius 2 is 2.15 bits per heavy atom. The Balaban J connectivity index is 2.43. The van der Waals surface area contributed by atoms with Gasteiger partial charge in [-0.25, -0.2) is 0 Å². The molecule has 0 saturated carbocycles. The largest absolute Gasteiger partial charge is 0.255 e. The molecular weight excluding hydrogens is 178 g/mol. The van der Waals surface area contributed by atoms with Crippen LogP contribution in [0.25, 0.3) is 10.9 Å². The van der Waals surface area contributed by atoms with Crippen LogP contribution in [-0.2, 0) is 6.42 Å². The molecule has 1 aliphatic heterocycles. The Kier molecular flexibility index (Phi) is 1.56. The second-order valence-electron chi connectivity index (χ2n) is 3.22. The molecule has 0 bridgehead atoms. The molecule has 1 nitrogen and oxygen atoms in total. The Labute approximate surface area is 81.2 Å². The number of hydrogen-bond donors (Lipinski definition) is 0. The minimum atomic E-state index is 1.13. The van der Waals surface area contributed by atoms with Crippen molar-refractivity contribution < 1.29 is 0 Å². The lowest BCUT2D eigenvalue weighted by Crippen LogP contribution is -1.86. The molecule has 64 valence electrons. The predicted octanol–water partition coefficient (Wildman–Crippen LogP) is 2.88. The highest BCUT2D eigenvalue weighted by atomic mass is 32.2. The summed E-state index contributed by atoms with van der Waals surface area (Å²) in [5, 5.41) is 1.34. The molecule has 0 unspecified atom stereocenters. The number of rotatable bonds is 0. The summed E-state index contributed by atoms with van der Waals surface area (Å²) in [6.45, 7) is 0. The van der Waals surface area contributed by atoms with Crippen molar-refractivity contribution in [3.05, 3.63) is 36.0 Å². The van der Waals surface area contributed by atoms with Crippen molar-refractivity contribution in [1.82, 2.24) is 4.98 Å². The number of para-hydroxylation sites is 1. The zero-order valence-electron chi connectivity index (χ0n) is 7.16. The monoisotopic (exact) mass is 187 g/mol. The predicted molar refractivity (Wildman–Crippen MR) is 56.2 cm³/mol. The van der Waals surface area contributed by atoms with Crippen LogP contribution in [0.15, 0.2) is 35.4 Å². The molecule has 0 spiro atoms. The van der Waals surface area contributed by atoms with Crippen LogP contribution in [0.1, 0.15) is 5.56 Å². The van der Waals surface area contributed by atoms with E-state index in [4.69, 9.17) is 0 Å². The van der Waals surface area contributed by atoms with Crippen molar-refractivity contribution in [1.29, 1.82) is 0 Å². The first kappa shape index (κ1) is 7.39. The summed E-state index contributed by atoms with van der Waals surface area (Å²) < 4.78 is 0. The van der Waals surface area contributed by atoms with Crippen LogP contribution in [0.4, 0.5) is 0 Å². The Morgan fingerprint density at radius 3 is 3.15 bits per heavy atom. The van der Waals surface area contributed by atoms with Crippen molar-refractivity contribution in [2.24, 2.45) is 0 Å². The molecule has 13 heavy (non-hydrogen) atoms. The van der Waals surface area contributed by atoms with Gasteiger partial charge in [0.25, 0.3) is 0 Å². The van der Waals surface area contributed by atoms with Crippen LogP contribution in [-0.4, -0.2) is 10.7 Å². The molecule has 3 rings (SSSR count). The van der Waals surface area contributed by atoms with E-state index >= 15 is 0 Å². The molecular formula is C11H9NS. The molecule has 0 radical (unpaired) electrons.